The lowest BCUT2D eigenvalue weighted by Crippen LogP contribution is -2.04. The van der Waals surface area contributed by atoms with Gasteiger partial charge in [-0.3, -0.25) is 4.98 Å². The number of hydrogen-bond acceptors (Lipinski definition) is 3. The molecule has 0 saturated heterocycles. The van der Waals surface area contributed by atoms with Crippen LogP contribution < -0.4 is 0 Å². The Labute approximate surface area is 155 Å². The first-order valence-corrected chi connectivity index (χ1v) is 10.5. The lowest BCUT2D eigenvalue weighted by molar-refractivity contribution is -0.137. The molecule has 2 unspecified atom stereocenters. The smallest absolute Gasteiger partial charge is 0.260 e. The molecule has 2 aliphatic carbocycles. The minimum atomic E-state index is -4.32. The quantitative estimate of drug-likeness (QED) is 0.749. The van der Waals surface area contributed by atoms with Crippen molar-refractivity contribution in [2.75, 3.05) is 6.26 Å². The number of alkyl halides is 3. The third-order valence-corrected chi connectivity index (χ3v) is 6.71. The number of halogens is 3. The fourth-order valence-electron chi connectivity index (χ4n) is 3.95. The summed E-state index contributed by atoms with van der Waals surface area (Å²) >= 11 is 0. The van der Waals surface area contributed by atoms with E-state index >= 15 is 0 Å². The summed E-state index contributed by atoms with van der Waals surface area (Å²) in [4.78, 5) is 4.54. The van der Waals surface area contributed by atoms with Crippen LogP contribution in [0.5, 0.6) is 0 Å². The molecule has 1 spiro atoms. The number of rotatable bonds is 3. The molecule has 1 aromatic carbocycles. The minimum Gasteiger partial charge on any atom is -0.260 e. The van der Waals surface area contributed by atoms with Crippen LogP contribution in [0.4, 0.5) is 13.2 Å². The van der Waals surface area contributed by atoms with E-state index in [9.17, 15) is 21.6 Å². The Morgan fingerprint density at radius 2 is 1.81 bits per heavy atom. The topological polar surface area (TPSA) is 47.0 Å². The van der Waals surface area contributed by atoms with E-state index in [1.54, 1.807) is 12.1 Å². The maximum absolute atomic E-state index is 12.7. The highest BCUT2D eigenvalue weighted by Gasteiger charge is 2.56. The van der Waals surface area contributed by atoms with E-state index in [0.717, 1.165) is 54.5 Å². The van der Waals surface area contributed by atoms with Gasteiger partial charge in [-0.1, -0.05) is 18.2 Å². The lowest BCUT2D eigenvalue weighted by Gasteiger charge is -2.11. The molecule has 1 aromatic heterocycles. The Morgan fingerprint density at radius 3 is 2.37 bits per heavy atom. The molecule has 4 rings (SSSR count). The van der Waals surface area contributed by atoms with Crippen molar-refractivity contribution in [1.82, 2.24) is 4.98 Å². The summed E-state index contributed by atoms with van der Waals surface area (Å²) in [5, 5.41) is 0. The number of benzene rings is 1. The molecule has 142 valence electrons. The molecule has 0 amide bonds. The van der Waals surface area contributed by atoms with Crippen molar-refractivity contribution in [1.29, 1.82) is 0 Å². The van der Waals surface area contributed by atoms with E-state index in [2.05, 4.69) is 11.1 Å². The van der Waals surface area contributed by atoms with Gasteiger partial charge in [-0.25, -0.2) is 8.42 Å². The molecule has 7 heteroatoms. The van der Waals surface area contributed by atoms with Crippen LogP contribution in [-0.4, -0.2) is 19.7 Å². The molecule has 0 N–H and O–H groups in total. The molecule has 3 nitrogen and oxygen atoms in total. The molecule has 1 heterocycles. The van der Waals surface area contributed by atoms with Gasteiger partial charge in [0.1, 0.15) is 0 Å². The Balaban J connectivity index is 1.47. The van der Waals surface area contributed by atoms with Crippen molar-refractivity contribution in [2.45, 2.75) is 36.3 Å². The molecule has 2 aliphatic rings. The Kier molecular flexibility index (Phi) is 4.00. The minimum absolute atomic E-state index is 0.0671. The van der Waals surface area contributed by atoms with Crippen molar-refractivity contribution in [3.63, 3.8) is 0 Å². The van der Waals surface area contributed by atoms with E-state index < -0.39 is 21.6 Å². The zero-order valence-corrected chi connectivity index (χ0v) is 15.4. The third kappa shape index (κ3) is 3.40. The molecule has 0 radical (unpaired) electrons. The van der Waals surface area contributed by atoms with E-state index in [0.29, 0.717) is 0 Å². The first-order valence-electron chi connectivity index (χ1n) is 8.61. The summed E-state index contributed by atoms with van der Waals surface area (Å²) in [5.41, 5.74) is 2.20. The summed E-state index contributed by atoms with van der Waals surface area (Å²) in [6.07, 6.45) is 2.96. The second-order valence-electron chi connectivity index (χ2n) is 7.50. The standard InChI is InChI=1S/C20H18F3NO2S/c1-27(25,26)16-6-7-18(24-12-16)17-11-19(17)9-8-14(10-19)13-2-4-15(5-3-13)20(21,22)23/h2-8,12,17H,9-11H2,1H3. The largest absolute Gasteiger partial charge is 0.416 e. The molecular weight excluding hydrogens is 375 g/mol. The summed E-state index contributed by atoms with van der Waals surface area (Å²) in [6.45, 7) is 0. The highest BCUT2D eigenvalue weighted by molar-refractivity contribution is 7.90. The lowest BCUT2D eigenvalue weighted by atomic mass is 9.95. The van der Waals surface area contributed by atoms with Gasteiger partial charge in [-0.05, 0) is 60.1 Å². The van der Waals surface area contributed by atoms with Gasteiger partial charge in [0.25, 0.3) is 0 Å². The highest BCUT2D eigenvalue weighted by atomic mass is 32.2. The van der Waals surface area contributed by atoms with Gasteiger partial charge in [-0.2, -0.15) is 13.2 Å². The first-order chi connectivity index (χ1) is 12.6. The van der Waals surface area contributed by atoms with E-state index in [1.165, 1.54) is 18.3 Å². The van der Waals surface area contributed by atoms with Gasteiger partial charge in [-0.15, -0.1) is 0 Å². The summed E-state index contributed by atoms with van der Waals surface area (Å²) in [5.74, 6) is 0.259. The SMILES string of the molecule is CS(=O)(=O)c1ccc(C2CC23CC=C(c2ccc(C(F)(F)F)cc2)C3)nc1. The molecule has 1 saturated carbocycles. The monoisotopic (exact) mass is 393 g/mol. The molecular formula is C20H18F3NO2S. The van der Waals surface area contributed by atoms with Gasteiger partial charge < -0.3 is 0 Å². The normalized spacial score (nSPS) is 24.9. The van der Waals surface area contributed by atoms with Crippen LogP contribution in [0.1, 0.15) is 42.0 Å². The fourth-order valence-corrected chi connectivity index (χ4v) is 4.51. The van der Waals surface area contributed by atoms with Crippen LogP contribution in [0, 0.1) is 5.41 Å². The van der Waals surface area contributed by atoms with Crippen molar-refractivity contribution in [3.05, 3.63) is 65.5 Å². The first kappa shape index (κ1) is 18.2. The fraction of sp³-hybridized carbons (Fsp3) is 0.350. The van der Waals surface area contributed by atoms with Gasteiger partial charge >= 0.3 is 6.18 Å². The number of nitrogens with zero attached hydrogens (tertiary/aromatic N) is 1. The predicted molar refractivity (Wildman–Crippen MR) is 95.8 cm³/mol. The maximum atomic E-state index is 12.7. The number of hydrogen-bond donors (Lipinski definition) is 0. The highest BCUT2D eigenvalue weighted by Crippen LogP contribution is 2.68. The van der Waals surface area contributed by atoms with Crippen molar-refractivity contribution in [2.24, 2.45) is 5.41 Å². The zero-order chi connectivity index (χ0) is 19.4. The second-order valence-corrected chi connectivity index (χ2v) is 9.51. The van der Waals surface area contributed by atoms with Crippen LogP contribution in [0.25, 0.3) is 5.57 Å². The van der Waals surface area contributed by atoms with Gasteiger partial charge in [0.15, 0.2) is 9.84 Å². The Bertz CT molecular complexity index is 1010. The number of allylic oxidation sites excluding steroid dienone is 2. The van der Waals surface area contributed by atoms with Gasteiger partial charge in [0.2, 0.25) is 0 Å². The van der Waals surface area contributed by atoms with Gasteiger partial charge in [0, 0.05) is 24.1 Å². The molecule has 1 fully saturated rings. The molecule has 0 bridgehead atoms. The van der Waals surface area contributed by atoms with Crippen LogP contribution in [0.3, 0.4) is 0 Å². The second kappa shape index (κ2) is 5.92. The maximum Gasteiger partial charge on any atom is 0.416 e. The Hall–Kier alpha value is -2.15. The van der Waals surface area contributed by atoms with Crippen LogP contribution in [0.15, 0.2) is 53.6 Å². The Morgan fingerprint density at radius 1 is 1.11 bits per heavy atom. The molecule has 27 heavy (non-hydrogen) atoms. The summed E-state index contributed by atoms with van der Waals surface area (Å²) < 4.78 is 61.2. The zero-order valence-electron chi connectivity index (χ0n) is 14.6. The molecule has 0 aliphatic heterocycles. The molecule has 2 aromatic rings. The van der Waals surface area contributed by atoms with E-state index in [4.69, 9.17) is 0 Å². The van der Waals surface area contributed by atoms with E-state index in [-0.39, 0.29) is 16.2 Å². The predicted octanol–water partition coefficient (Wildman–Crippen LogP) is 4.86. The van der Waals surface area contributed by atoms with Crippen molar-refractivity contribution in [3.8, 4) is 0 Å². The van der Waals surface area contributed by atoms with Crippen molar-refractivity contribution >= 4 is 15.4 Å². The van der Waals surface area contributed by atoms with Crippen LogP contribution >= 0.6 is 0 Å². The van der Waals surface area contributed by atoms with Gasteiger partial charge in [0.05, 0.1) is 10.5 Å². The van der Waals surface area contributed by atoms with E-state index in [1.807, 2.05) is 0 Å². The number of pyridine rings is 1. The average molecular weight is 393 g/mol. The number of sulfone groups is 1. The summed E-state index contributed by atoms with van der Waals surface area (Å²) in [7, 11) is -3.26. The average Bonchev–Trinajstić information content (AvgIpc) is 3.13. The van der Waals surface area contributed by atoms with Crippen LogP contribution in [-0.2, 0) is 16.0 Å². The van der Waals surface area contributed by atoms with Crippen LogP contribution in [0.2, 0.25) is 0 Å². The third-order valence-electron chi connectivity index (χ3n) is 5.61. The number of aromatic nitrogens is 1. The van der Waals surface area contributed by atoms with Crippen molar-refractivity contribution < 1.29 is 21.6 Å². The summed E-state index contributed by atoms with van der Waals surface area (Å²) in [6, 6.07) is 8.66. The molecule has 2 atom stereocenters.